The molecule has 2 aromatic rings. The fourth-order valence-electron chi connectivity index (χ4n) is 2.69. The number of alkyl halides is 3. The minimum absolute atomic E-state index is 0.125. The number of nitrogens with one attached hydrogen (secondary N) is 1. The molecular formula is C19H21F3N2O2. The van der Waals surface area contributed by atoms with E-state index in [0.29, 0.717) is 18.3 Å². The molecule has 1 aromatic heterocycles. The van der Waals surface area contributed by atoms with Gasteiger partial charge in [0.2, 0.25) is 0 Å². The van der Waals surface area contributed by atoms with Gasteiger partial charge < -0.3 is 14.8 Å². The van der Waals surface area contributed by atoms with Gasteiger partial charge in [0, 0.05) is 18.8 Å². The summed E-state index contributed by atoms with van der Waals surface area (Å²) < 4.78 is 48.1. The lowest BCUT2D eigenvalue weighted by molar-refractivity contribution is -0.189. The average molecular weight is 366 g/mol. The van der Waals surface area contributed by atoms with Crippen molar-refractivity contribution in [1.82, 2.24) is 4.98 Å². The van der Waals surface area contributed by atoms with Crippen LogP contribution >= 0.6 is 0 Å². The fraction of sp³-hybridized carbons (Fsp3) is 0.421. The highest BCUT2D eigenvalue weighted by molar-refractivity contribution is 5.45. The third-order valence-electron chi connectivity index (χ3n) is 4.33. The highest BCUT2D eigenvalue weighted by Crippen LogP contribution is 2.42. The summed E-state index contributed by atoms with van der Waals surface area (Å²) in [4.78, 5) is 4.15. The van der Waals surface area contributed by atoms with E-state index in [4.69, 9.17) is 9.47 Å². The molecule has 4 nitrogen and oxygen atoms in total. The van der Waals surface area contributed by atoms with Gasteiger partial charge in [-0.1, -0.05) is 6.07 Å². The molecule has 1 atom stereocenters. The number of benzene rings is 1. The third-order valence-corrected chi connectivity index (χ3v) is 4.33. The van der Waals surface area contributed by atoms with E-state index in [1.807, 2.05) is 12.1 Å². The van der Waals surface area contributed by atoms with E-state index in [0.717, 1.165) is 18.2 Å². The third kappa shape index (κ3) is 4.59. The maximum atomic E-state index is 12.6. The van der Waals surface area contributed by atoms with Gasteiger partial charge in [0.15, 0.2) is 6.10 Å². The van der Waals surface area contributed by atoms with E-state index in [-0.39, 0.29) is 5.75 Å². The van der Waals surface area contributed by atoms with E-state index in [1.165, 1.54) is 36.7 Å². The molecule has 0 radical (unpaired) electrons. The summed E-state index contributed by atoms with van der Waals surface area (Å²) in [5, 5.41) is 3.16. The number of rotatable bonds is 7. The van der Waals surface area contributed by atoms with Gasteiger partial charge in [0.25, 0.3) is 0 Å². The zero-order chi connectivity index (χ0) is 18.7. The molecule has 1 aliphatic carbocycles. The molecule has 1 unspecified atom stereocenters. The Hall–Kier alpha value is -2.44. The number of hydrogen-bond acceptors (Lipinski definition) is 4. The zero-order valence-corrected chi connectivity index (χ0v) is 14.6. The van der Waals surface area contributed by atoms with E-state index in [2.05, 4.69) is 16.4 Å². The summed E-state index contributed by atoms with van der Waals surface area (Å²) in [6, 6.07) is 8.88. The molecule has 1 N–H and O–H groups in total. The summed E-state index contributed by atoms with van der Waals surface area (Å²) in [5.41, 5.74) is 2.38. The normalized spacial score (nSPS) is 15.4. The van der Waals surface area contributed by atoms with Gasteiger partial charge in [-0.05, 0) is 55.0 Å². The van der Waals surface area contributed by atoms with Gasteiger partial charge >= 0.3 is 6.18 Å². The molecule has 3 rings (SSSR count). The van der Waals surface area contributed by atoms with Crippen molar-refractivity contribution >= 4 is 5.82 Å². The Morgan fingerprint density at radius 3 is 2.62 bits per heavy atom. The largest absolute Gasteiger partial charge is 0.497 e. The van der Waals surface area contributed by atoms with Crippen LogP contribution in [0.5, 0.6) is 11.5 Å². The van der Waals surface area contributed by atoms with Crippen molar-refractivity contribution < 1.29 is 22.6 Å². The minimum atomic E-state index is -4.41. The van der Waals surface area contributed by atoms with Crippen molar-refractivity contribution in [1.29, 1.82) is 0 Å². The maximum absolute atomic E-state index is 12.6. The molecule has 0 amide bonds. The molecule has 0 aliphatic heterocycles. The minimum Gasteiger partial charge on any atom is -0.497 e. The number of pyridine rings is 1. The molecule has 0 bridgehead atoms. The first-order chi connectivity index (χ1) is 12.4. The summed E-state index contributed by atoms with van der Waals surface area (Å²) in [6.07, 6.45) is -2.50. The molecular weight excluding hydrogens is 345 g/mol. The molecule has 0 spiro atoms. The Morgan fingerprint density at radius 1 is 1.19 bits per heavy atom. The lowest BCUT2D eigenvalue weighted by Crippen LogP contribution is -2.31. The van der Waals surface area contributed by atoms with Crippen LogP contribution in [-0.4, -0.2) is 24.4 Å². The van der Waals surface area contributed by atoms with Crippen LogP contribution in [0.3, 0.4) is 0 Å². The lowest BCUT2D eigenvalue weighted by Gasteiger charge is -2.18. The highest BCUT2D eigenvalue weighted by atomic mass is 19.4. The molecule has 7 heteroatoms. The first kappa shape index (κ1) is 18.4. The molecule has 1 fully saturated rings. The fourth-order valence-corrected chi connectivity index (χ4v) is 2.69. The van der Waals surface area contributed by atoms with Gasteiger partial charge in [0.05, 0.1) is 7.11 Å². The van der Waals surface area contributed by atoms with Crippen molar-refractivity contribution in [2.75, 3.05) is 12.4 Å². The Morgan fingerprint density at radius 2 is 1.96 bits per heavy atom. The molecule has 26 heavy (non-hydrogen) atoms. The number of nitrogens with zero attached hydrogens (tertiary/aromatic N) is 1. The smallest absolute Gasteiger partial charge is 0.425 e. The van der Waals surface area contributed by atoms with Crippen LogP contribution in [0.4, 0.5) is 19.0 Å². The summed E-state index contributed by atoms with van der Waals surface area (Å²) in [7, 11) is 1.62. The van der Waals surface area contributed by atoms with E-state index >= 15 is 0 Å². The van der Waals surface area contributed by atoms with Gasteiger partial charge in [0.1, 0.15) is 17.3 Å². The summed E-state index contributed by atoms with van der Waals surface area (Å²) >= 11 is 0. The predicted molar refractivity (Wildman–Crippen MR) is 92.7 cm³/mol. The zero-order valence-electron chi connectivity index (χ0n) is 14.6. The Labute approximate surface area is 150 Å². The monoisotopic (exact) mass is 366 g/mol. The van der Waals surface area contributed by atoms with E-state index < -0.39 is 12.3 Å². The summed E-state index contributed by atoms with van der Waals surface area (Å²) in [5.74, 6) is 1.94. The second kappa shape index (κ2) is 7.43. The number of ether oxygens (including phenoxy) is 2. The quantitative estimate of drug-likeness (QED) is 0.756. The SMILES string of the molecule is COc1ccc(C2CC2)c(CNc2cc(OC(C)C(F)(F)F)ccn2)c1. The predicted octanol–water partition coefficient (Wildman–Crippen LogP) is 4.91. The number of methoxy groups -OCH3 is 1. The molecule has 1 heterocycles. The first-order valence-electron chi connectivity index (χ1n) is 8.47. The van der Waals surface area contributed by atoms with Gasteiger partial charge in [-0.25, -0.2) is 4.98 Å². The van der Waals surface area contributed by atoms with E-state index in [9.17, 15) is 13.2 Å². The molecule has 1 aromatic carbocycles. The van der Waals surface area contributed by atoms with Crippen LogP contribution in [-0.2, 0) is 6.54 Å². The number of aromatic nitrogens is 1. The van der Waals surface area contributed by atoms with Gasteiger partial charge in [-0.2, -0.15) is 13.2 Å². The van der Waals surface area contributed by atoms with Crippen LogP contribution in [0.15, 0.2) is 36.5 Å². The summed E-state index contributed by atoms with van der Waals surface area (Å²) in [6.45, 7) is 1.49. The number of anilines is 1. The number of halogens is 3. The topological polar surface area (TPSA) is 43.4 Å². The van der Waals surface area contributed by atoms with Crippen molar-refractivity contribution in [3.63, 3.8) is 0 Å². The molecule has 140 valence electrons. The van der Waals surface area contributed by atoms with Gasteiger partial charge in [-0.15, -0.1) is 0 Å². The highest BCUT2D eigenvalue weighted by Gasteiger charge is 2.38. The van der Waals surface area contributed by atoms with Crippen molar-refractivity contribution in [2.24, 2.45) is 0 Å². The van der Waals surface area contributed by atoms with Crippen LogP contribution in [0, 0.1) is 0 Å². The second-order valence-electron chi connectivity index (χ2n) is 6.37. The average Bonchev–Trinajstić information content (AvgIpc) is 3.44. The van der Waals surface area contributed by atoms with Crippen LogP contribution in [0.25, 0.3) is 0 Å². The molecule has 1 aliphatic rings. The van der Waals surface area contributed by atoms with Crippen LogP contribution in [0.2, 0.25) is 0 Å². The maximum Gasteiger partial charge on any atom is 0.425 e. The Bertz CT molecular complexity index is 761. The lowest BCUT2D eigenvalue weighted by atomic mass is 10.0. The molecule has 1 saturated carbocycles. The Balaban J connectivity index is 1.69. The van der Waals surface area contributed by atoms with Gasteiger partial charge in [-0.3, -0.25) is 0 Å². The van der Waals surface area contributed by atoms with Crippen LogP contribution in [0.1, 0.15) is 36.8 Å². The van der Waals surface area contributed by atoms with Crippen molar-refractivity contribution in [3.8, 4) is 11.5 Å². The number of hydrogen-bond donors (Lipinski definition) is 1. The van der Waals surface area contributed by atoms with Crippen LogP contribution < -0.4 is 14.8 Å². The van der Waals surface area contributed by atoms with Crippen molar-refractivity contribution in [2.45, 2.75) is 44.5 Å². The standard InChI is InChI=1S/C19H21F3N2O2/c1-12(19(20,21)22)26-16-7-8-23-18(10-16)24-11-14-9-15(25-2)5-6-17(14)13-3-4-13/h5-10,12-13H,3-4,11H2,1-2H3,(H,23,24). The van der Waals surface area contributed by atoms with Crippen molar-refractivity contribution in [3.05, 3.63) is 47.7 Å². The Kier molecular flexibility index (Phi) is 5.25. The first-order valence-corrected chi connectivity index (χ1v) is 8.47. The second-order valence-corrected chi connectivity index (χ2v) is 6.37. The molecule has 0 saturated heterocycles. The van der Waals surface area contributed by atoms with E-state index in [1.54, 1.807) is 7.11 Å².